The molecule has 21 heavy (non-hydrogen) atoms. The Morgan fingerprint density at radius 1 is 1.33 bits per heavy atom. The molecule has 5 nitrogen and oxygen atoms in total. The van der Waals surface area contributed by atoms with Crippen LogP contribution in [0.15, 0.2) is 24.3 Å². The van der Waals surface area contributed by atoms with Gasteiger partial charge in [0.1, 0.15) is 0 Å². The summed E-state index contributed by atoms with van der Waals surface area (Å²) >= 11 is 0. The highest BCUT2D eigenvalue weighted by Gasteiger charge is 2.40. The monoisotopic (exact) mass is 292 g/mol. The predicted molar refractivity (Wildman–Crippen MR) is 73.1 cm³/mol. The van der Waals surface area contributed by atoms with Gasteiger partial charge in [0.25, 0.3) is 0 Å². The van der Waals surface area contributed by atoms with Crippen LogP contribution in [0.2, 0.25) is 0 Å². The van der Waals surface area contributed by atoms with Crippen molar-refractivity contribution < 1.29 is 18.7 Å². The van der Waals surface area contributed by atoms with E-state index >= 15 is 0 Å². The number of rotatable bonds is 4. The van der Waals surface area contributed by atoms with Gasteiger partial charge in [0.2, 0.25) is 12.3 Å². The van der Waals surface area contributed by atoms with Crippen LogP contribution in [0.25, 0.3) is 0 Å². The number of carbonyl (C=O) groups is 2. The van der Waals surface area contributed by atoms with Crippen LogP contribution in [0.4, 0.5) is 4.39 Å². The van der Waals surface area contributed by atoms with E-state index in [0.29, 0.717) is 31.6 Å². The van der Waals surface area contributed by atoms with E-state index in [2.05, 4.69) is 0 Å². The van der Waals surface area contributed by atoms with Crippen molar-refractivity contribution in [3.63, 3.8) is 0 Å². The summed E-state index contributed by atoms with van der Waals surface area (Å²) in [6.45, 7) is 1.78. The molecule has 2 saturated heterocycles. The van der Waals surface area contributed by atoms with Crippen LogP contribution in [0.1, 0.15) is 11.1 Å². The Balaban J connectivity index is 1.69. The standard InChI is InChI=1S/C15H17FN2O3/c16-15(9-21-10-15)13-3-1-2-12(6-13)7-18-5-4-17(11-19)8-14(18)20/h1-3,6,11H,4-5,7-10H2. The van der Waals surface area contributed by atoms with Gasteiger partial charge in [-0.1, -0.05) is 24.3 Å². The van der Waals surface area contributed by atoms with Crippen molar-refractivity contribution in [2.75, 3.05) is 32.8 Å². The minimum absolute atomic E-state index is 0.0827. The lowest BCUT2D eigenvalue weighted by atomic mass is 9.92. The Kier molecular flexibility index (Phi) is 3.63. The van der Waals surface area contributed by atoms with Crippen molar-refractivity contribution in [3.05, 3.63) is 35.4 Å². The fraction of sp³-hybridized carbons (Fsp3) is 0.467. The van der Waals surface area contributed by atoms with Gasteiger partial charge in [-0.15, -0.1) is 0 Å². The highest BCUT2D eigenvalue weighted by Crippen LogP contribution is 2.34. The second-order valence-electron chi connectivity index (χ2n) is 5.55. The average molecular weight is 292 g/mol. The van der Waals surface area contributed by atoms with E-state index in [1.807, 2.05) is 6.07 Å². The largest absolute Gasteiger partial charge is 0.374 e. The molecule has 0 bridgehead atoms. The Hall–Kier alpha value is -1.95. The van der Waals surface area contributed by atoms with E-state index in [9.17, 15) is 14.0 Å². The first-order chi connectivity index (χ1) is 10.1. The van der Waals surface area contributed by atoms with Gasteiger partial charge in [0, 0.05) is 19.6 Å². The van der Waals surface area contributed by atoms with Gasteiger partial charge in [-0.25, -0.2) is 4.39 Å². The van der Waals surface area contributed by atoms with Crippen LogP contribution in [-0.4, -0.2) is 55.0 Å². The molecule has 1 aromatic carbocycles. The number of alkyl halides is 1. The van der Waals surface area contributed by atoms with E-state index in [-0.39, 0.29) is 25.7 Å². The molecule has 2 fully saturated rings. The van der Waals surface area contributed by atoms with Gasteiger partial charge in [0.05, 0.1) is 19.8 Å². The van der Waals surface area contributed by atoms with Crippen LogP contribution in [0.3, 0.4) is 0 Å². The minimum atomic E-state index is -1.39. The summed E-state index contributed by atoms with van der Waals surface area (Å²) in [4.78, 5) is 25.8. The lowest BCUT2D eigenvalue weighted by Gasteiger charge is -2.35. The van der Waals surface area contributed by atoms with Gasteiger partial charge >= 0.3 is 0 Å². The zero-order valence-electron chi connectivity index (χ0n) is 11.6. The number of carbonyl (C=O) groups excluding carboxylic acids is 2. The zero-order valence-corrected chi connectivity index (χ0v) is 11.6. The molecule has 6 heteroatoms. The molecular weight excluding hydrogens is 275 g/mol. The van der Waals surface area contributed by atoms with Crippen molar-refractivity contribution in [2.24, 2.45) is 0 Å². The van der Waals surface area contributed by atoms with Crippen molar-refractivity contribution >= 4 is 12.3 Å². The van der Waals surface area contributed by atoms with Crippen LogP contribution in [-0.2, 0) is 26.5 Å². The molecule has 0 aliphatic carbocycles. The maximum Gasteiger partial charge on any atom is 0.242 e. The SMILES string of the molecule is O=CN1CCN(Cc2cccc(C3(F)COC3)c2)C(=O)C1. The Morgan fingerprint density at radius 3 is 2.76 bits per heavy atom. The third-order valence-electron chi connectivity index (χ3n) is 3.98. The molecule has 3 rings (SSSR count). The van der Waals surface area contributed by atoms with E-state index < -0.39 is 5.67 Å². The smallest absolute Gasteiger partial charge is 0.242 e. The predicted octanol–water partition coefficient (Wildman–Crippen LogP) is 0.682. The molecule has 0 N–H and O–H groups in total. The molecule has 2 heterocycles. The summed E-state index contributed by atoms with van der Waals surface area (Å²) in [6.07, 6.45) is 0.694. The lowest BCUT2D eigenvalue weighted by molar-refractivity contribution is -0.140. The molecule has 0 spiro atoms. The van der Waals surface area contributed by atoms with Crippen molar-refractivity contribution in [1.29, 1.82) is 0 Å². The molecule has 0 aromatic heterocycles. The number of benzene rings is 1. The molecular formula is C15H17FN2O3. The van der Waals surface area contributed by atoms with Crippen LogP contribution in [0.5, 0.6) is 0 Å². The van der Waals surface area contributed by atoms with E-state index in [0.717, 1.165) is 5.56 Å². The van der Waals surface area contributed by atoms with Crippen LogP contribution in [0, 0.1) is 0 Å². The van der Waals surface area contributed by atoms with Gasteiger partial charge in [-0.2, -0.15) is 0 Å². The van der Waals surface area contributed by atoms with Crippen molar-refractivity contribution in [3.8, 4) is 0 Å². The summed E-state index contributed by atoms with van der Waals surface area (Å²) in [5.74, 6) is -0.0827. The molecule has 0 saturated carbocycles. The molecule has 2 amide bonds. The number of halogens is 1. The second-order valence-corrected chi connectivity index (χ2v) is 5.55. The normalized spacial score (nSPS) is 21.1. The third-order valence-corrected chi connectivity index (χ3v) is 3.98. The Morgan fingerprint density at radius 2 is 2.14 bits per heavy atom. The first-order valence-electron chi connectivity index (χ1n) is 6.94. The molecule has 2 aliphatic rings. The maximum absolute atomic E-state index is 14.3. The quantitative estimate of drug-likeness (QED) is 0.767. The third kappa shape index (κ3) is 2.76. The molecule has 0 unspecified atom stereocenters. The first kappa shape index (κ1) is 14.0. The van der Waals surface area contributed by atoms with Gasteiger partial charge in [-0.05, 0) is 11.1 Å². The number of ether oxygens (including phenoxy) is 1. The average Bonchev–Trinajstić information content (AvgIpc) is 2.47. The molecule has 112 valence electrons. The van der Waals surface area contributed by atoms with E-state index in [1.165, 1.54) is 4.90 Å². The van der Waals surface area contributed by atoms with Gasteiger partial charge in [0.15, 0.2) is 5.67 Å². The second kappa shape index (κ2) is 5.44. The number of piperazine rings is 1. The first-order valence-corrected chi connectivity index (χ1v) is 6.94. The zero-order chi connectivity index (χ0) is 14.9. The Labute approximate surface area is 122 Å². The van der Waals surface area contributed by atoms with E-state index in [4.69, 9.17) is 4.74 Å². The fourth-order valence-corrected chi connectivity index (χ4v) is 2.60. The highest BCUT2D eigenvalue weighted by atomic mass is 19.1. The highest BCUT2D eigenvalue weighted by molar-refractivity contribution is 5.81. The molecule has 0 radical (unpaired) electrons. The summed E-state index contributed by atoms with van der Waals surface area (Å²) in [6, 6.07) is 7.22. The van der Waals surface area contributed by atoms with Crippen molar-refractivity contribution in [1.82, 2.24) is 9.80 Å². The summed E-state index contributed by atoms with van der Waals surface area (Å²) in [5, 5.41) is 0. The number of hydrogen-bond acceptors (Lipinski definition) is 3. The summed E-state index contributed by atoms with van der Waals surface area (Å²) < 4.78 is 19.3. The van der Waals surface area contributed by atoms with Crippen LogP contribution < -0.4 is 0 Å². The summed E-state index contributed by atoms with van der Waals surface area (Å²) in [7, 11) is 0. The summed E-state index contributed by atoms with van der Waals surface area (Å²) in [5.41, 5.74) is 0.102. The minimum Gasteiger partial charge on any atom is -0.374 e. The van der Waals surface area contributed by atoms with Crippen molar-refractivity contribution in [2.45, 2.75) is 12.2 Å². The van der Waals surface area contributed by atoms with Gasteiger partial charge < -0.3 is 14.5 Å². The van der Waals surface area contributed by atoms with Crippen LogP contribution >= 0.6 is 0 Å². The van der Waals surface area contributed by atoms with Gasteiger partial charge in [-0.3, -0.25) is 9.59 Å². The maximum atomic E-state index is 14.3. The number of hydrogen-bond donors (Lipinski definition) is 0. The molecule has 2 aliphatic heterocycles. The number of amides is 2. The lowest BCUT2D eigenvalue weighted by Crippen LogP contribution is -2.49. The topological polar surface area (TPSA) is 49.9 Å². The Bertz CT molecular complexity index is 560. The molecule has 1 aromatic rings. The number of nitrogens with zero attached hydrogens (tertiary/aromatic N) is 2. The molecule has 0 atom stereocenters. The fourth-order valence-electron chi connectivity index (χ4n) is 2.60. The van der Waals surface area contributed by atoms with E-state index in [1.54, 1.807) is 23.1 Å².